The van der Waals surface area contributed by atoms with Crippen molar-refractivity contribution in [2.24, 2.45) is 17.0 Å². The molecule has 1 fully saturated rings. The van der Waals surface area contributed by atoms with Crippen LogP contribution in [0.15, 0.2) is 35.5 Å². The molecular weight excluding hydrogens is 436 g/mol. The molecule has 1 saturated carbocycles. The van der Waals surface area contributed by atoms with Crippen LogP contribution in [-0.2, 0) is 6.42 Å². The van der Waals surface area contributed by atoms with Crippen LogP contribution in [0.5, 0.6) is 0 Å². The topological polar surface area (TPSA) is 82.5 Å². The predicted molar refractivity (Wildman–Crippen MR) is 145 cm³/mol. The van der Waals surface area contributed by atoms with E-state index in [1.165, 1.54) is 31.2 Å². The number of nitrogens with one attached hydrogen (secondary N) is 2. The van der Waals surface area contributed by atoms with Gasteiger partial charge in [0.1, 0.15) is 11.5 Å². The third kappa shape index (κ3) is 6.75. The third-order valence-electron chi connectivity index (χ3n) is 7.12. The van der Waals surface area contributed by atoms with Crippen LogP contribution in [-0.4, -0.2) is 43.7 Å². The lowest BCUT2D eigenvalue weighted by Gasteiger charge is -2.29. The average Bonchev–Trinajstić information content (AvgIpc) is 3.11. The molecule has 0 unspecified atom stereocenters. The van der Waals surface area contributed by atoms with Gasteiger partial charge >= 0.3 is 0 Å². The summed E-state index contributed by atoms with van der Waals surface area (Å²) in [6.45, 7) is 4.91. The molecule has 1 heterocycles. The van der Waals surface area contributed by atoms with Gasteiger partial charge in [-0.1, -0.05) is 30.4 Å². The number of anilines is 2. The number of nitroso groups, excluding NO2 is 1. The molecule has 0 aliphatic heterocycles. The lowest BCUT2D eigenvalue weighted by Crippen LogP contribution is -2.36. The first-order valence-corrected chi connectivity index (χ1v) is 12.8. The molecular formula is C28H38N6O. The molecule has 0 spiro atoms. The Labute approximate surface area is 208 Å². The fourth-order valence-corrected chi connectivity index (χ4v) is 5.02. The number of fused-ring (bicyclic) bond motifs is 1. The second-order valence-electron chi connectivity index (χ2n) is 10.0. The Bertz CT molecular complexity index is 1160. The van der Waals surface area contributed by atoms with Gasteiger partial charge in [0.05, 0.1) is 5.35 Å². The summed E-state index contributed by atoms with van der Waals surface area (Å²) in [5, 5.41) is 12.3. The van der Waals surface area contributed by atoms with Gasteiger partial charge in [-0.2, -0.15) is 4.98 Å². The van der Waals surface area contributed by atoms with Gasteiger partial charge in [0, 0.05) is 25.9 Å². The molecule has 0 amide bonds. The van der Waals surface area contributed by atoms with Gasteiger partial charge in [0.2, 0.25) is 5.95 Å². The highest BCUT2D eigenvalue weighted by Crippen LogP contribution is 2.28. The van der Waals surface area contributed by atoms with E-state index in [1.807, 2.05) is 33.2 Å². The summed E-state index contributed by atoms with van der Waals surface area (Å²) >= 11 is 0. The zero-order valence-electron chi connectivity index (χ0n) is 21.3. The quantitative estimate of drug-likeness (QED) is 0.402. The Morgan fingerprint density at radius 3 is 2.57 bits per heavy atom. The van der Waals surface area contributed by atoms with Gasteiger partial charge in [-0.05, 0) is 98.8 Å². The van der Waals surface area contributed by atoms with Crippen LogP contribution in [0.25, 0.3) is 12.2 Å². The van der Waals surface area contributed by atoms with E-state index in [4.69, 9.17) is 9.97 Å². The van der Waals surface area contributed by atoms with Crippen LogP contribution >= 0.6 is 0 Å². The number of rotatable bonds is 10. The molecule has 0 bridgehead atoms. The molecule has 4 rings (SSSR count). The maximum atomic E-state index is 10.7. The van der Waals surface area contributed by atoms with E-state index in [0.717, 1.165) is 66.3 Å². The van der Waals surface area contributed by atoms with E-state index in [9.17, 15) is 4.91 Å². The van der Waals surface area contributed by atoms with E-state index in [-0.39, 0.29) is 0 Å². The Balaban J connectivity index is 1.21. The van der Waals surface area contributed by atoms with Gasteiger partial charge in [0.25, 0.3) is 0 Å². The van der Waals surface area contributed by atoms with Crippen molar-refractivity contribution in [3.05, 3.63) is 57.0 Å². The maximum absolute atomic E-state index is 10.7. The number of allylic oxidation sites excluding steroid dienone is 2. The van der Waals surface area contributed by atoms with E-state index in [0.29, 0.717) is 11.6 Å². The standard InChI is InChI=1S/C28H38N6O/c1-20-17-21(13-14-25(20)33-35)15-16-29-18-22-9-11-23(12-10-22)19-30-28-31-26-8-6-4-5-7-24(26)27(32-28)34(2)3/h4-5,7-8,13-14,17,22-23,29H,6,9-12,15-16,18-19H2,1-3H3,(H,30,31). The zero-order chi connectivity index (χ0) is 24.6. The first kappa shape index (κ1) is 25.0. The molecule has 0 atom stereocenters. The van der Waals surface area contributed by atoms with E-state index in [1.54, 1.807) is 0 Å². The summed E-state index contributed by atoms with van der Waals surface area (Å²) in [4.78, 5) is 22.4. The summed E-state index contributed by atoms with van der Waals surface area (Å²) < 4.78 is 0. The fourth-order valence-electron chi connectivity index (χ4n) is 5.02. The number of benzene rings is 1. The minimum atomic E-state index is 0.536. The normalized spacial score (nSPS) is 19.2. The Morgan fingerprint density at radius 2 is 1.86 bits per heavy atom. The Hall–Kier alpha value is -3.06. The Kier molecular flexibility index (Phi) is 8.64. The minimum Gasteiger partial charge on any atom is -0.362 e. The largest absolute Gasteiger partial charge is 0.362 e. The summed E-state index contributed by atoms with van der Waals surface area (Å²) in [6.07, 6.45) is 15.4. The number of aryl methyl sites for hydroxylation is 1. The smallest absolute Gasteiger partial charge is 0.225 e. The number of nitrogens with zero attached hydrogens (tertiary/aromatic N) is 4. The molecule has 7 heteroatoms. The number of aromatic nitrogens is 2. The van der Waals surface area contributed by atoms with Crippen molar-refractivity contribution in [2.45, 2.75) is 45.4 Å². The SMILES string of the molecule is Cc1cc(CCNCC2CCC(CNc3nc(N(C)C)c4c(n3)=CCC=CC=4)CC2)ccc1N=O. The minimum absolute atomic E-state index is 0.536. The third-order valence-corrected chi connectivity index (χ3v) is 7.12. The lowest BCUT2D eigenvalue weighted by atomic mass is 9.82. The zero-order valence-corrected chi connectivity index (χ0v) is 21.3. The van der Waals surface area contributed by atoms with Crippen LogP contribution in [0, 0.1) is 23.7 Å². The summed E-state index contributed by atoms with van der Waals surface area (Å²) in [5.41, 5.74) is 2.74. The van der Waals surface area contributed by atoms with Crippen LogP contribution in [0.4, 0.5) is 17.5 Å². The molecule has 186 valence electrons. The van der Waals surface area contributed by atoms with Crippen LogP contribution in [0.2, 0.25) is 0 Å². The summed E-state index contributed by atoms with van der Waals surface area (Å²) in [6, 6.07) is 5.89. The predicted octanol–water partition coefficient (Wildman–Crippen LogP) is 3.82. The molecule has 1 aromatic heterocycles. The van der Waals surface area contributed by atoms with Crippen molar-refractivity contribution in [1.29, 1.82) is 0 Å². The van der Waals surface area contributed by atoms with Crippen LogP contribution < -0.4 is 26.1 Å². The van der Waals surface area contributed by atoms with Crippen LogP contribution in [0.3, 0.4) is 0 Å². The van der Waals surface area contributed by atoms with Crippen molar-refractivity contribution in [3.63, 3.8) is 0 Å². The van der Waals surface area contributed by atoms with Gasteiger partial charge in [0.15, 0.2) is 0 Å². The van der Waals surface area contributed by atoms with E-state index < -0.39 is 0 Å². The fraction of sp³-hybridized carbons (Fsp3) is 0.500. The van der Waals surface area contributed by atoms with Gasteiger partial charge < -0.3 is 15.5 Å². The maximum Gasteiger partial charge on any atom is 0.225 e. The van der Waals surface area contributed by atoms with Gasteiger partial charge in [-0.3, -0.25) is 0 Å². The van der Waals surface area contributed by atoms with Crippen LogP contribution in [0.1, 0.15) is 43.2 Å². The van der Waals surface area contributed by atoms with Gasteiger partial charge in [-0.15, -0.1) is 4.91 Å². The molecule has 2 aliphatic carbocycles. The highest BCUT2D eigenvalue weighted by atomic mass is 16.3. The van der Waals surface area contributed by atoms with Crippen molar-refractivity contribution in [2.75, 3.05) is 43.9 Å². The highest BCUT2D eigenvalue weighted by molar-refractivity contribution is 5.54. The molecule has 2 aliphatic rings. The monoisotopic (exact) mass is 474 g/mol. The second-order valence-corrected chi connectivity index (χ2v) is 10.0. The first-order chi connectivity index (χ1) is 17.0. The molecule has 0 radical (unpaired) electrons. The number of hydrogen-bond acceptors (Lipinski definition) is 7. The summed E-state index contributed by atoms with van der Waals surface area (Å²) in [5.74, 6) is 3.11. The highest BCUT2D eigenvalue weighted by Gasteiger charge is 2.21. The van der Waals surface area contributed by atoms with Crippen molar-refractivity contribution >= 4 is 29.6 Å². The van der Waals surface area contributed by atoms with Crippen molar-refractivity contribution in [1.82, 2.24) is 15.3 Å². The Morgan fingerprint density at radius 1 is 1.09 bits per heavy atom. The molecule has 35 heavy (non-hydrogen) atoms. The van der Waals surface area contributed by atoms with E-state index in [2.05, 4.69) is 51.1 Å². The second kappa shape index (κ2) is 12.1. The number of hydrogen-bond donors (Lipinski definition) is 2. The first-order valence-electron chi connectivity index (χ1n) is 12.8. The molecule has 2 aromatic rings. The molecule has 7 nitrogen and oxygen atoms in total. The average molecular weight is 475 g/mol. The lowest BCUT2D eigenvalue weighted by molar-refractivity contribution is 0.276. The van der Waals surface area contributed by atoms with Crippen molar-refractivity contribution < 1.29 is 0 Å². The van der Waals surface area contributed by atoms with Gasteiger partial charge in [-0.25, -0.2) is 4.98 Å². The molecule has 1 aromatic carbocycles. The molecule has 0 saturated heterocycles. The molecule has 2 N–H and O–H groups in total. The van der Waals surface area contributed by atoms with Crippen molar-refractivity contribution in [3.8, 4) is 0 Å². The summed E-state index contributed by atoms with van der Waals surface area (Å²) in [7, 11) is 4.07. The van der Waals surface area contributed by atoms with E-state index >= 15 is 0 Å².